The third kappa shape index (κ3) is 4.44. The number of ether oxygens (including phenoxy) is 2. The summed E-state index contributed by atoms with van der Waals surface area (Å²) in [6, 6.07) is 3.61. The van der Waals surface area contributed by atoms with Crippen LogP contribution in [-0.2, 0) is 4.74 Å². The molecule has 0 saturated heterocycles. The molecular weight excluding hydrogens is 252 g/mol. The number of nitrogens with two attached hydrogens (primary N) is 1. The molecule has 0 aliphatic rings. The van der Waals surface area contributed by atoms with Gasteiger partial charge in [-0.15, -0.1) is 0 Å². The van der Waals surface area contributed by atoms with Crippen molar-refractivity contribution in [3.63, 3.8) is 0 Å². The van der Waals surface area contributed by atoms with Crippen LogP contribution >= 0.6 is 0 Å². The molecule has 0 bridgehead atoms. The highest BCUT2D eigenvalue weighted by molar-refractivity contribution is 5.46. The summed E-state index contributed by atoms with van der Waals surface area (Å²) in [4.78, 5) is 0. The fraction of sp³-hybridized carbons (Fsp3) is 0.571. The second kappa shape index (κ2) is 7.40. The van der Waals surface area contributed by atoms with Crippen molar-refractivity contribution in [3.05, 3.63) is 28.8 Å². The SMILES string of the molecule is COc1c(C(N)CCOCC(F)F)ccc(C)c1C. The van der Waals surface area contributed by atoms with E-state index in [2.05, 4.69) is 0 Å². The molecule has 5 heteroatoms. The monoisotopic (exact) mass is 273 g/mol. The molecule has 2 N–H and O–H groups in total. The van der Waals surface area contributed by atoms with E-state index in [1.807, 2.05) is 26.0 Å². The lowest BCUT2D eigenvalue weighted by Crippen LogP contribution is -2.16. The summed E-state index contributed by atoms with van der Waals surface area (Å²) >= 11 is 0. The Kier molecular flexibility index (Phi) is 6.18. The van der Waals surface area contributed by atoms with Gasteiger partial charge in [0.2, 0.25) is 0 Å². The highest BCUT2D eigenvalue weighted by Crippen LogP contribution is 2.31. The molecule has 1 unspecified atom stereocenters. The lowest BCUT2D eigenvalue weighted by molar-refractivity contribution is 0.0152. The van der Waals surface area contributed by atoms with Crippen LogP contribution in [0.25, 0.3) is 0 Å². The molecule has 0 saturated carbocycles. The molecule has 19 heavy (non-hydrogen) atoms. The predicted octanol–water partition coefficient (Wildman–Crippen LogP) is 2.98. The van der Waals surface area contributed by atoms with Crippen LogP contribution in [0.1, 0.15) is 29.2 Å². The lowest BCUT2D eigenvalue weighted by Gasteiger charge is -2.18. The zero-order valence-electron chi connectivity index (χ0n) is 11.6. The second-order valence-corrected chi connectivity index (χ2v) is 4.49. The Balaban J connectivity index is 2.66. The van der Waals surface area contributed by atoms with Gasteiger partial charge >= 0.3 is 0 Å². The molecule has 0 amide bonds. The minimum atomic E-state index is -2.44. The first kappa shape index (κ1) is 15.9. The van der Waals surface area contributed by atoms with Crippen molar-refractivity contribution in [2.24, 2.45) is 5.73 Å². The van der Waals surface area contributed by atoms with Gasteiger partial charge in [0.05, 0.1) is 7.11 Å². The van der Waals surface area contributed by atoms with Crippen LogP contribution in [-0.4, -0.2) is 26.7 Å². The Bertz CT molecular complexity index is 411. The van der Waals surface area contributed by atoms with Gasteiger partial charge in [-0.1, -0.05) is 12.1 Å². The van der Waals surface area contributed by atoms with Gasteiger partial charge in [-0.05, 0) is 31.4 Å². The molecule has 3 nitrogen and oxygen atoms in total. The zero-order chi connectivity index (χ0) is 14.4. The lowest BCUT2D eigenvalue weighted by atomic mass is 9.98. The highest BCUT2D eigenvalue weighted by atomic mass is 19.3. The van der Waals surface area contributed by atoms with Crippen LogP contribution in [0.2, 0.25) is 0 Å². The van der Waals surface area contributed by atoms with Crippen molar-refractivity contribution >= 4 is 0 Å². The minimum absolute atomic E-state index is 0.210. The van der Waals surface area contributed by atoms with Gasteiger partial charge in [0, 0.05) is 18.2 Å². The highest BCUT2D eigenvalue weighted by Gasteiger charge is 2.15. The molecular formula is C14H21F2NO2. The van der Waals surface area contributed by atoms with Crippen molar-refractivity contribution in [2.75, 3.05) is 20.3 Å². The first-order valence-electron chi connectivity index (χ1n) is 6.23. The average molecular weight is 273 g/mol. The second-order valence-electron chi connectivity index (χ2n) is 4.49. The van der Waals surface area contributed by atoms with Gasteiger partial charge in [0.1, 0.15) is 12.4 Å². The number of alkyl halides is 2. The molecule has 0 spiro atoms. The summed E-state index contributed by atoms with van der Waals surface area (Å²) in [5, 5.41) is 0. The molecule has 0 aliphatic heterocycles. The van der Waals surface area contributed by atoms with E-state index in [-0.39, 0.29) is 12.6 Å². The third-order valence-electron chi connectivity index (χ3n) is 3.13. The smallest absolute Gasteiger partial charge is 0.261 e. The number of methoxy groups -OCH3 is 1. The van der Waals surface area contributed by atoms with Crippen molar-refractivity contribution in [3.8, 4) is 5.75 Å². The Morgan fingerprint density at radius 2 is 1.95 bits per heavy atom. The van der Waals surface area contributed by atoms with Gasteiger partial charge in [0.25, 0.3) is 6.43 Å². The molecule has 0 aromatic heterocycles. The summed E-state index contributed by atoms with van der Waals surface area (Å²) in [5.41, 5.74) is 9.11. The third-order valence-corrected chi connectivity index (χ3v) is 3.13. The number of aryl methyl sites for hydroxylation is 1. The topological polar surface area (TPSA) is 44.5 Å². The zero-order valence-corrected chi connectivity index (χ0v) is 11.6. The van der Waals surface area contributed by atoms with Crippen LogP contribution in [0.15, 0.2) is 12.1 Å². The molecule has 1 aromatic carbocycles. The van der Waals surface area contributed by atoms with Gasteiger partial charge in [-0.3, -0.25) is 0 Å². The van der Waals surface area contributed by atoms with E-state index >= 15 is 0 Å². The van der Waals surface area contributed by atoms with Crippen LogP contribution in [0.4, 0.5) is 8.78 Å². The Morgan fingerprint density at radius 3 is 2.53 bits per heavy atom. The number of hydrogen-bond donors (Lipinski definition) is 1. The van der Waals surface area contributed by atoms with Crippen molar-refractivity contribution in [2.45, 2.75) is 32.7 Å². The van der Waals surface area contributed by atoms with Gasteiger partial charge < -0.3 is 15.2 Å². The first-order chi connectivity index (χ1) is 8.97. The van der Waals surface area contributed by atoms with E-state index in [0.29, 0.717) is 6.42 Å². The quantitative estimate of drug-likeness (QED) is 0.777. The van der Waals surface area contributed by atoms with Crippen LogP contribution < -0.4 is 10.5 Å². The predicted molar refractivity (Wildman–Crippen MR) is 70.8 cm³/mol. The molecule has 1 aromatic rings. The molecule has 1 atom stereocenters. The summed E-state index contributed by atoms with van der Waals surface area (Å²) in [7, 11) is 1.60. The Hall–Kier alpha value is -1.20. The number of benzene rings is 1. The molecule has 0 aliphatic carbocycles. The van der Waals surface area contributed by atoms with E-state index in [0.717, 1.165) is 22.4 Å². The fourth-order valence-electron chi connectivity index (χ4n) is 1.91. The summed E-state index contributed by atoms with van der Waals surface area (Å²) in [6.07, 6.45) is -1.96. The first-order valence-corrected chi connectivity index (χ1v) is 6.23. The summed E-state index contributed by atoms with van der Waals surface area (Å²) in [6.45, 7) is 3.63. The van der Waals surface area contributed by atoms with Gasteiger partial charge in [-0.2, -0.15) is 0 Å². The van der Waals surface area contributed by atoms with Crippen molar-refractivity contribution < 1.29 is 18.3 Å². The maximum atomic E-state index is 11.9. The number of halogens is 2. The number of rotatable bonds is 7. The van der Waals surface area contributed by atoms with E-state index in [1.54, 1.807) is 7.11 Å². The standard InChI is InChI=1S/C14H21F2NO2/c1-9-4-5-11(14(18-3)10(9)2)12(17)6-7-19-8-13(15)16/h4-5,12-13H,6-8,17H2,1-3H3. The molecule has 0 radical (unpaired) electrons. The van der Waals surface area contributed by atoms with E-state index in [4.69, 9.17) is 15.2 Å². The minimum Gasteiger partial charge on any atom is -0.496 e. The van der Waals surface area contributed by atoms with Crippen LogP contribution in [0.5, 0.6) is 5.75 Å². The maximum absolute atomic E-state index is 11.9. The van der Waals surface area contributed by atoms with E-state index in [9.17, 15) is 8.78 Å². The normalized spacial score (nSPS) is 12.8. The van der Waals surface area contributed by atoms with Crippen LogP contribution in [0, 0.1) is 13.8 Å². The molecule has 0 heterocycles. The van der Waals surface area contributed by atoms with Crippen LogP contribution in [0.3, 0.4) is 0 Å². The molecule has 108 valence electrons. The summed E-state index contributed by atoms with van der Waals surface area (Å²) in [5.74, 6) is 0.765. The van der Waals surface area contributed by atoms with E-state index < -0.39 is 13.0 Å². The molecule has 0 fully saturated rings. The number of hydrogen-bond acceptors (Lipinski definition) is 3. The Morgan fingerprint density at radius 1 is 1.26 bits per heavy atom. The van der Waals surface area contributed by atoms with E-state index in [1.165, 1.54) is 0 Å². The van der Waals surface area contributed by atoms with Gasteiger partial charge in [-0.25, -0.2) is 8.78 Å². The fourth-order valence-corrected chi connectivity index (χ4v) is 1.91. The molecule has 1 rings (SSSR count). The average Bonchev–Trinajstić information content (AvgIpc) is 2.37. The maximum Gasteiger partial charge on any atom is 0.261 e. The van der Waals surface area contributed by atoms with Gasteiger partial charge in [0.15, 0.2) is 0 Å². The largest absolute Gasteiger partial charge is 0.496 e. The Labute approximate surface area is 112 Å². The van der Waals surface area contributed by atoms with Crippen molar-refractivity contribution in [1.82, 2.24) is 0 Å². The summed E-state index contributed by atoms with van der Waals surface area (Å²) < 4.78 is 34.1. The van der Waals surface area contributed by atoms with Crippen molar-refractivity contribution in [1.29, 1.82) is 0 Å².